The molecule has 4 rings (SSSR count). The maximum atomic E-state index is 12.3. The van der Waals surface area contributed by atoms with Crippen molar-refractivity contribution in [1.29, 1.82) is 0 Å². The Kier molecular flexibility index (Phi) is 4.24. The molecule has 2 aliphatic rings. The van der Waals surface area contributed by atoms with Gasteiger partial charge in [-0.05, 0) is 50.7 Å². The van der Waals surface area contributed by atoms with Crippen LogP contribution in [0.4, 0.5) is 0 Å². The SMILES string of the molecule is O=C(NC1CCC(Oc2ccccc2)CC1)c1cnn(C2CC2)c1. The maximum Gasteiger partial charge on any atom is 0.254 e. The van der Waals surface area contributed by atoms with Gasteiger partial charge < -0.3 is 10.1 Å². The third-order valence-electron chi connectivity index (χ3n) is 4.84. The van der Waals surface area contributed by atoms with Gasteiger partial charge >= 0.3 is 0 Å². The van der Waals surface area contributed by atoms with E-state index in [4.69, 9.17) is 4.74 Å². The lowest BCUT2D eigenvalue weighted by Gasteiger charge is -2.29. The number of carbonyl (C=O) groups excluding carboxylic acids is 1. The van der Waals surface area contributed by atoms with Crippen molar-refractivity contribution in [1.82, 2.24) is 15.1 Å². The molecule has 126 valence electrons. The molecule has 1 aromatic heterocycles. The molecular formula is C19H23N3O2. The van der Waals surface area contributed by atoms with Crippen molar-refractivity contribution in [3.8, 4) is 5.75 Å². The molecular weight excluding hydrogens is 302 g/mol. The van der Waals surface area contributed by atoms with Crippen molar-refractivity contribution >= 4 is 5.91 Å². The van der Waals surface area contributed by atoms with E-state index in [1.807, 2.05) is 41.2 Å². The van der Waals surface area contributed by atoms with Crippen LogP contribution in [-0.4, -0.2) is 27.8 Å². The number of carbonyl (C=O) groups is 1. The second kappa shape index (κ2) is 6.67. The predicted octanol–water partition coefficient (Wildman–Crippen LogP) is 3.34. The molecule has 1 N–H and O–H groups in total. The lowest BCUT2D eigenvalue weighted by Crippen LogP contribution is -2.39. The minimum atomic E-state index is -0.00525. The maximum absolute atomic E-state index is 12.3. The van der Waals surface area contributed by atoms with Gasteiger partial charge in [0.05, 0.1) is 23.9 Å². The van der Waals surface area contributed by atoms with Gasteiger partial charge in [0.1, 0.15) is 5.75 Å². The minimum Gasteiger partial charge on any atom is -0.490 e. The summed E-state index contributed by atoms with van der Waals surface area (Å²) in [6.07, 6.45) is 10.0. The Balaban J connectivity index is 1.25. The monoisotopic (exact) mass is 325 g/mol. The van der Waals surface area contributed by atoms with Crippen LogP contribution in [0.15, 0.2) is 42.7 Å². The summed E-state index contributed by atoms with van der Waals surface area (Å²) in [7, 11) is 0. The average Bonchev–Trinajstić information content (AvgIpc) is 3.34. The number of amides is 1. The standard InChI is InChI=1S/C19H23N3O2/c23-19(14-12-20-22(13-14)16-8-9-16)21-15-6-10-18(11-7-15)24-17-4-2-1-3-5-17/h1-5,12-13,15-16,18H,6-11H2,(H,21,23). The Morgan fingerprint density at radius 1 is 1.08 bits per heavy atom. The van der Waals surface area contributed by atoms with Gasteiger partial charge in [-0.2, -0.15) is 5.10 Å². The van der Waals surface area contributed by atoms with Crippen molar-refractivity contribution in [2.24, 2.45) is 0 Å². The van der Waals surface area contributed by atoms with Gasteiger partial charge in [-0.3, -0.25) is 9.48 Å². The molecule has 2 aliphatic carbocycles. The molecule has 1 heterocycles. The third kappa shape index (κ3) is 3.61. The molecule has 5 heteroatoms. The fourth-order valence-corrected chi connectivity index (χ4v) is 3.28. The number of nitrogens with one attached hydrogen (secondary N) is 1. The van der Waals surface area contributed by atoms with E-state index >= 15 is 0 Å². The van der Waals surface area contributed by atoms with Gasteiger partial charge in [0.25, 0.3) is 5.91 Å². The van der Waals surface area contributed by atoms with Crippen LogP contribution in [0.25, 0.3) is 0 Å². The summed E-state index contributed by atoms with van der Waals surface area (Å²) in [5, 5.41) is 7.43. The van der Waals surface area contributed by atoms with Crippen LogP contribution in [0.1, 0.15) is 54.9 Å². The molecule has 0 atom stereocenters. The highest BCUT2D eigenvalue weighted by atomic mass is 16.5. The van der Waals surface area contributed by atoms with Gasteiger partial charge in [0, 0.05) is 12.2 Å². The molecule has 0 bridgehead atoms. The second-order valence-corrected chi connectivity index (χ2v) is 6.82. The summed E-state index contributed by atoms with van der Waals surface area (Å²) in [6, 6.07) is 10.7. The molecule has 0 unspecified atom stereocenters. The van der Waals surface area contributed by atoms with E-state index in [0.29, 0.717) is 11.6 Å². The normalized spacial score (nSPS) is 23.7. The second-order valence-electron chi connectivity index (χ2n) is 6.82. The van der Waals surface area contributed by atoms with E-state index in [-0.39, 0.29) is 18.1 Å². The lowest BCUT2D eigenvalue weighted by atomic mass is 9.92. The number of hydrogen-bond acceptors (Lipinski definition) is 3. The van der Waals surface area contributed by atoms with Crippen LogP contribution in [0.5, 0.6) is 5.75 Å². The minimum absolute atomic E-state index is 0.00525. The number of para-hydroxylation sites is 1. The summed E-state index contributed by atoms with van der Waals surface area (Å²) >= 11 is 0. The van der Waals surface area contributed by atoms with Gasteiger partial charge in [-0.1, -0.05) is 18.2 Å². The van der Waals surface area contributed by atoms with Crippen LogP contribution >= 0.6 is 0 Å². The molecule has 2 aromatic rings. The average molecular weight is 325 g/mol. The quantitative estimate of drug-likeness (QED) is 0.917. The molecule has 24 heavy (non-hydrogen) atoms. The first-order valence-electron chi connectivity index (χ1n) is 8.84. The summed E-state index contributed by atoms with van der Waals surface area (Å²) < 4.78 is 7.92. The van der Waals surface area contributed by atoms with Gasteiger partial charge in [-0.15, -0.1) is 0 Å². The highest BCUT2D eigenvalue weighted by molar-refractivity contribution is 5.93. The van der Waals surface area contributed by atoms with E-state index in [9.17, 15) is 4.79 Å². The van der Waals surface area contributed by atoms with Crippen LogP contribution in [-0.2, 0) is 0 Å². The summed E-state index contributed by atoms with van der Waals surface area (Å²) in [5.74, 6) is 0.923. The molecule has 1 aromatic carbocycles. The molecule has 1 amide bonds. The summed E-state index contributed by atoms with van der Waals surface area (Å²) in [4.78, 5) is 12.3. The lowest BCUT2D eigenvalue weighted by molar-refractivity contribution is 0.0894. The molecule has 0 saturated heterocycles. The van der Waals surface area contributed by atoms with E-state index in [0.717, 1.165) is 31.4 Å². The molecule has 5 nitrogen and oxygen atoms in total. The number of nitrogens with zero attached hydrogens (tertiary/aromatic N) is 2. The van der Waals surface area contributed by atoms with Crippen molar-refractivity contribution in [3.63, 3.8) is 0 Å². The van der Waals surface area contributed by atoms with Gasteiger partial charge in [0.15, 0.2) is 0 Å². The Morgan fingerprint density at radius 3 is 2.54 bits per heavy atom. The first-order valence-corrected chi connectivity index (χ1v) is 8.84. The topological polar surface area (TPSA) is 56.1 Å². The van der Waals surface area contributed by atoms with E-state index in [1.54, 1.807) is 6.20 Å². The predicted molar refractivity (Wildman–Crippen MR) is 91.1 cm³/mol. The highest BCUT2D eigenvalue weighted by Crippen LogP contribution is 2.34. The first kappa shape index (κ1) is 15.2. The Bertz CT molecular complexity index is 686. The molecule has 0 aliphatic heterocycles. The third-order valence-corrected chi connectivity index (χ3v) is 4.84. The molecule has 2 fully saturated rings. The number of aromatic nitrogens is 2. The molecule has 0 radical (unpaired) electrons. The summed E-state index contributed by atoms with van der Waals surface area (Å²) in [5.41, 5.74) is 0.671. The largest absolute Gasteiger partial charge is 0.490 e. The smallest absolute Gasteiger partial charge is 0.254 e. The van der Waals surface area contributed by atoms with Crippen LogP contribution in [0, 0.1) is 0 Å². The van der Waals surface area contributed by atoms with Crippen LogP contribution in [0.2, 0.25) is 0 Å². The van der Waals surface area contributed by atoms with Gasteiger partial charge in [-0.25, -0.2) is 0 Å². The Morgan fingerprint density at radius 2 is 1.83 bits per heavy atom. The first-order chi connectivity index (χ1) is 11.8. The number of benzene rings is 1. The van der Waals surface area contributed by atoms with Crippen LogP contribution in [0.3, 0.4) is 0 Å². The Hall–Kier alpha value is -2.30. The van der Waals surface area contributed by atoms with Crippen molar-refractivity contribution in [2.75, 3.05) is 0 Å². The van der Waals surface area contributed by atoms with Crippen molar-refractivity contribution < 1.29 is 9.53 Å². The fourth-order valence-electron chi connectivity index (χ4n) is 3.28. The number of hydrogen-bond donors (Lipinski definition) is 1. The summed E-state index contributed by atoms with van der Waals surface area (Å²) in [6.45, 7) is 0. The van der Waals surface area contributed by atoms with Crippen LogP contribution < -0.4 is 10.1 Å². The van der Waals surface area contributed by atoms with E-state index in [2.05, 4.69) is 10.4 Å². The zero-order valence-electron chi connectivity index (χ0n) is 13.7. The van der Waals surface area contributed by atoms with Crippen molar-refractivity contribution in [3.05, 3.63) is 48.3 Å². The van der Waals surface area contributed by atoms with E-state index in [1.165, 1.54) is 12.8 Å². The van der Waals surface area contributed by atoms with Gasteiger partial charge in [0.2, 0.25) is 0 Å². The zero-order valence-corrected chi connectivity index (χ0v) is 13.7. The Labute approximate surface area is 142 Å². The number of rotatable bonds is 5. The molecule has 2 saturated carbocycles. The number of ether oxygens (including phenoxy) is 1. The van der Waals surface area contributed by atoms with Crippen molar-refractivity contribution in [2.45, 2.75) is 56.7 Å². The van der Waals surface area contributed by atoms with E-state index < -0.39 is 0 Å². The highest BCUT2D eigenvalue weighted by Gasteiger charge is 2.27. The fraction of sp³-hybridized carbons (Fsp3) is 0.474. The zero-order chi connectivity index (χ0) is 16.4. The molecule has 0 spiro atoms.